The second kappa shape index (κ2) is 8.96. The molecule has 0 rings (SSSR count). The second-order valence-electron chi connectivity index (χ2n) is 3.59. The van der Waals surface area contributed by atoms with E-state index in [0.717, 1.165) is 25.7 Å². The van der Waals surface area contributed by atoms with Crippen LogP contribution in [-0.4, -0.2) is 31.2 Å². The fraction of sp³-hybridized carbons (Fsp3) is 0.800. The van der Waals surface area contributed by atoms with Crippen molar-refractivity contribution in [3.8, 4) is 0 Å². The average Bonchev–Trinajstić information content (AvgIpc) is 2.25. The zero-order valence-corrected chi connectivity index (χ0v) is 9.70. The average molecular weight is 231 g/mol. The van der Waals surface area contributed by atoms with Crippen LogP contribution in [0.3, 0.4) is 0 Å². The lowest BCUT2D eigenvalue weighted by molar-refractivity contribution is -0.123. The summed E-state index contributed by atoms with van der Waals surface area (Å²) < 4.78 is 4.42. The van der Waals surface area contributed by atoms with Crippen molar-refractivity contribution in [2.75, 3.05) is 13.2 Å². The molecular formula is C10H21N3O3. The third-order valence-corrected chi connectivity index (χ3v) is 2.07. The summed E-state index contributed by atoms with van der Waals surface area (Å²) in [5, 5.41) is 2.67. The van der Waals surface area contributed by atoms with Crippen LogP contribution in [0.2, 0.25) is 0 Å². The molecule has 0 aromatic carbocycles. The molecule has 1 atom stereocenters. The van der Waals surface area contributed by atoms with E-state index in [0.29, 0.717) is 6.54 Å². The molecule has 6 nitrogen and oxygen atoms in total. The van der Waals surface area contributed by atoms with Crippen LogP contribution in [0.15, 0.2) is 0 Å². The van der Waals surface area contributed by atoms with E-state index in [4.69, 9.17) is 11.5 Å². The highest BCUT2D eigenvalue weighted by Crippen LogP contribution is 1.97. The summed E-state index contributed by atoms with van der Waals surface area (Å²) in [6.45, 7) is 2.54. The number of carbonyl (C=O) groups excluding carboxylic acids is 2. The third kappa shape index (κ3) is 8.05. The first kappa shape index (κ1) is 14.7. The number of nitrogens with one attached hydrogen (secondary N) is 1. The fourth-order valence-corrected chi connectivity index (χ4v) is 1.14. The Morgan fingerprint density at radius 1 is 1.31 bits per heavy atom. The minimum absolute atomic E-state index is 0.184. The first-order valence-corrected chi connectivity index (χ1v) is 5.53. The molecule has 0 fully saturated rings. The van der Waals surface area contributed by atoms with Crippen LogP contribution < -0.4 is 16.8 Å². The van der Waals surface area contributed by atoms with E-state index in [-0.39, 0.29) is 12.5 Å². The maximum Gasteiger partial charge on any atom is 0.404 e. The summed E-state index contributed by atoms with van der Waals surface area (Å²) >= 11 is 0. The van der Waals surface area contributed by atoms with Gasteiger partial charge in [-0.05, 0) is 6.42 Å². The number of rotatable bonds is 8. The van der Waals surface area contributed by atoms with Crippen molar-refractivity contribution in [3.63, 3.8) is 0 Å². The summed E-state index contributed by atoms with van der Waals surface area (Å²) in [4.78, 5) is 21.6. The van der Waals surface area contributed by atoms with Crippen LogP contribution in [0.1, 0.15) is 32.6 Å². The molecule has 6 heteroatoms. The molecule has 16 heavy (non-hydrogen) atoms. The SMILES string of the molecule is CCCCCCNC(=O)C(N)COC(N)=O. The van der Waals surface area contributed by atoms with E-state index in [1.54, 1.807) is 0 Å². The number of nitrogens with two attached hydrogens (primary N) is 2. The summed E-state index contributed by atoms with van der Waals surface area (Å²) in [7, 11) is 0. The van der Waals surface area contributed by atoms with Crippen LogP contribution >= 0.6 is 0 Å². The van der Waals surface area contributed by atoms with Crippen molar-refractivity contribution < 1.29 is 14.3 Å². The van der Waals surface area contributed by atoms with Gasteiger partial charge in [0.1, 0.15) is 12.6 Å². The van der Waals surface area contributed by atoms with Crippen molar-refractivity contribution >= 4 is 12.0 Å². The molecule has 0 saturated carbocycles. The Kier molecular flexibility index (Phi) is 8.24. The van der Waals surface area contributed by atoms with Gasteiger partial charge < -0.3 is 21.5 Å². The van der Waals surface area contributed by atoms with Crippen molar-refractivity contribution in [2.45, 2.75) is 38.6 Å². The Labute approximate surface area is 95.7 Å². The predicted octanol–water partition coefficient (Wildman–Crippen LogP) is 0.106. The molecule has 0 bridgehead atoms. The highest BCUT2D eigenvalue weighted by molar-refractivity contribution is 5.81. The Morgan fingerprint density at radius 3 is 2.56 bits per heavy atom. The Morgan fingerprint density at radius 2 is 2.00 bits per heavy atom. The molecule has 0 aliphatic carbocycles. The number of hydrogen-bond acceptors (Lipinski definition) is 4. The van der Waals surface area contributed by atoms with Crippen molar-refractivity contribution in [2.24, 2.45) is 11.5 Å². The second-order valence-corrected chi connectivity index (χ2v) is 3.59. The smallest absolute Gasteiger partial charge is 0.404 e. The van der Waals surface area contributed by atoms with E-state index < -0.39 is 12.1 Å². The lowest BCUT2D eigenvalue weighted by Gasteiger charge is -2.11. The number of amides is 2. The summed E-state index contributed by atoms with van der Waals surface area (Å²) in [6, 6.07) is -0.848. The lowest BCUT2D eigenvalue weighted by atomic mass is 10.2. The van der Waals surface area contributed by atoms with Gasteiger partial charge >= 0.3 is 6.09 Å². The van der Waals surface area contributed by atoms with E-state index in [1.165, 1.54) is 0 Å². The topological polar surface area (TPSA) is 107 Å². The first-order chi connectivity index (χ1) is 7.57. The predicted molar refractivity (Wildman–Crippen MR) is 60.7 cm³/mol. The minimum Gasteiger partial charge on any atom is -0.447 e. The molecule has 0 spiro atoms. The van der Waals surface area contributed by atoms with Gasteiger partial charge in [0, 0.05) is 6.54 Å². The maximum absolute atomic E-state index is 11.3. The number of carbonyl (C=O) groups is 2. The van der Waals surface area contributed by atoms with Gasteiger partial charge in [0.15, 0.2) is 0 Å². The lowest BCUT2D eigenvalue weighted by Crippen LogP contribution is -2.44. The molecule has 0 aromatic rings. The third-order valence-electron chi connectivity index (χ3n) is 2.07. The zero-order chi connectivity index (χ0) is 12.4. The van der Waals surface area contributed by atoms with Crippen molar-refractivity contribution in [3.05, 3.63) is 0 Å². The van der Waals surface area contributed by atoms with Gasteiger partial charge in [-0.25, -0.2) is 4.79 Å². The highest BCUT2D eigenvalue weighted by Gasteiger charge is 2.13. The number of ether oxygens (including phenoxy) is 1. The van der Waals surface area contributed by atoms with Crippen LogP contribution in [0.5, 0.6) is 0 Å². The summed E-state index contributed by atoms with van der Waals surface area (Å²) in [6.07, 6.45) is 3.41. The molecule has 5 N–H and O–H groups in total. The Balaban J connectivity index is 3.51. The van der Waals surface area contributed by atoms with Gasteiger partial charge in [-0.15, -0.1) is 0 Å². The molecule has 0 aliphatic heterocycles. The van der Waals surface area contributed by atoms with Crippen LogP contribution in [0, 0.1) is 0 Å². The number of hydrogen-bond donors (Lipinski definition) is 3. The van der Waals surface area contributed by atoms with Gasteiger partial charge in [-0.1, -0.05) is 26.2 Å². The Bertz CT molecular complexity index is 221. The van der Waals surface area contributed by atoms with Crippen molar-refractivity contribution in [1.29, 1.82) is 0 Å². The molecule has 0 saturated heterocycles. The summed E-state index contributed by atoms with van der Waals surface area (Å²) in [5.41, 5.74) is 10.2. The maximum atomic E-state index is 11.3. The molecule has 94 valence electrons. The molecule has 2 amide bonds. The molecular weight excluding hydrogens is 210 g/mol. The fourth-order valence-electron chi connectivity index (χ4n) is 1.14. The Hall–Kier alpha value is -1.30. The molecule has 1 unspecified atom stereocenters. The number of unbranched alkanes of at least 4 members (excludes halogenated alkanes) is 3. The number of primary amides is 1. The first-order valence-electron chi connectivity index (χ1n) is 5.53. The molecule has 0 aromatic heterocycles. The quantitative estimate of drug-likeness (QED) is 0.515. The monoisotopic (exact) mass is 231 g/mol. The van der Waals surface area contributed by atoms with Gasteiger partial charge in [-0.2, -0.15) is 0 Å². The standard InChI is InChI=1S/C10H21N3O3/c1-2-3-4-5-6-13-9(14)8(11)7-16-10(12)15/h8H,2-7,11H2,1H3,(H2,12,15)(H,13,14). The highest BCUT2D eigenvalue weighted by atomic mass is 16.5. The molecule has 0 radical (unpaired) electrons. The van der Waals surface area contributed by atoms with E-state index in [9.17, 15) is 9.59 Å². The molecule has 0 aliphatic rings. The normalized spacial score (nSPS) is 11.9. The van der Waals surface area contributed by atoms with Gasteiger partial charge in [0.2, 0.25) is 5.91 Å². The van der Waals surface area contributed by atoms with Gasteiger partial charge in [-0.3, -0.25) is 4.79 Å². The van der Waals surface area contributed by atoms with Gasteiger partial charge in [0.25, 0.3) is 0 Å². The van der Waals surface area contributed by atoms with Gasteiger partial charge in [0.05, 0.1) is 0 Å². The van der Waals surface area contributed by atoms with Crippen LogP contribution in [-0.2, 0) is 9.53 Å². The summed E-state index contributed by atoms with van der Waals surface area (Å²) in [5.74, 6) is -0.322. The van der Waals surface area contributed by atoms with E-state index in [2.05, 4.69) is 17.0 Å². The van der Waals surface area contributed by atoms with E-state index >= 15 is 0 Å². The van der Waals surface area contributed by atoms with Crippen LogP contribution in [0.4, 0.5) is 4.79 Å². The largest absolute Gasteiger partial charge is 0.447 e. The van der Waals surface area contributed by atoms with E-state index in [1.807, 2.05) is 0 Å². The van der Waals surface area contributed by atoms with Crippen molar-refractivity contribution in [1.82, 2.24) is 5.32 Å². The van der Waals surface area contributed by atoms with Crippen LogP contribution in [0.25, 0.3) is 0 Å². The molecule has 0 heterocycles. The zero-order valence-electron chi connectivity index (χ0n) is 9.70. The minimum atomic E-state index is -0.925.